The Morgan fingerprint density at radius 1 is 0.964 bits per heavy atom. The van der Waals surface area contributed by atoms with E-state index in [4.69, 9.17) is 9.47 Å². The standard InChI is InChI=1S/C20H26N2O5S/c1-6-22(7-2)28(24,25)19-14-15(8-13-18(19)27-5)20(23)21(3)16-9-11-17(26-4)12-10-16/h8-14H,6-7H2,1-5H3. The van der Waals surface area contributed by atoms with E-state index < -0.39 is 10.0 Å². The fraction of sp³-hybridized carbons (Fsp3) is 0.350. The molecule has 0 aliphatic rings. The van der Waals surface area contributed by atoms with Gasteiger partial charge in [0.05, 0.1) is 14.2 Å². The summed E-state index contributed by atoms with van der Waals surface area (Å²) in [7, 11) is 0.826. The average Bonchev–Trinajstić information content (AvgIpc) is 2.72. The second kappa shape index (κ2) is 9.07. The van der Waals surface area contributed by atoms with E-state index in [2.05, 4.69) is 0 Å². The summed E-state index contributed by atoms with van der Waals surface area (Å²) in [5, 5.41) is 0. The molecule has 0 atom stereocenters. The van der Waals surface area contributed by atoms with Crippen molar-refractivity contribution in [3.05, 3.63) is 48.0 Å². The van der Waals surface area contributed by atoms with E-state index in [-0.39, 0.29) is 22.1 Å². The predicted octanol–water partition coefficient (Wildman–Crippen LogP) is 3.01. The van der Waals surface area contributed by atoms with Crippen LogP contribution in [0, 0.1) is 0 Å². The Labute approximate surface area is 166 Å². The molecule has 0 saturated carbocycles. The Kier molecular flexibility index (Phi) is 7.04. The van der Waals surface area contributed by atoms with Crippen LogP contribution in [0.4, 0.5) is 5.69 Å². The minimum Gasteiger partial charge on any atom is -0.497 e. The first-order valence-corrected chi connectivity index (χ1v) is 10.3. The second-order valence-corrected chi connectivity index (χ2v) is 7.92. The molecule has 28 heavy (non-hydrogen) atoms. The average molecular weight is 407 g/mol. The van der Waals surface area contributed by atoms with Gasteiger partial charge in [-0.15, -0.1) is 0 Å². The first kappa shape index (κ1) is 21.7. The lowest BCUT2D eigenvalue weighted by atomic mass is 10.1. The van der Waals surface area contributed by atoms with Crippen molar-refractivity contribution in [2.45, 2.75) is 18.7 Å². The van der Waals surface area contributed by atoms with Crippen LogP contribution in [0.2, 0.25) is 0 Å². The van der Waals surface area contributed by atoms with Gasteiger partial charge in [0, 0.05) is 31.4 Å². The highest BCUT2D eigenvalue weighted by Crippen LogP contribution is 2.29. The molecule has 0 radical (unpaired) electrons. The van der Waals surface area contributed by atoms with E-state index in [1.807, 2.05) is 0 Å². The number of hydrogen-bond donors (Lipinski definition) is 0. The van der Waals surface area contributed by atoms with E-state index in [0.717, 1.165) is 0 Å². The Morgan fingerprint density at radius 3 is 2.07 bits per heavy atom. The largest absolute Gasteiger partial charge is 0.497 e. The highest BCUT2D eigenvalue weighted by Gasteiger charge is 2.27. The first-order valence-electron chi connectivity index (χ1n) is 8.90. The zero-order valence-corrected chi connectivity index (χ0v) is 17.6. The fourth-order valence-electron chi connectivity index (χ4n) is 2.83. The van der Waals surface area contributed by atoms with Gasteiger partial charge in [-0.3, -0.25) is 4.79 Å². The van der Waals surface area contributed by atoms with Crippen LogP contribution in [0.15, 0.2) is 47.4 Å². The van der Waals surface area contributed by atoms with E-state index >= 15 is 0 Å². The molecule has 0 aromatic heterocycles. The molecule has 152 valence electrons. The van der Waals surface area contributed by atoms with Crippen LogP contribution in [0.5, 0.6) is 11.5 Å². The minimum atomic E-state index is -3.78. The van der Waals surface area contributed by atoms with E-state index in [1.54, 1.807) is 58.3 Å². The SMILES string of the molecule is CCN(CC)S(=O)(=O)c1cc(C(=O)N(C)c2ccc(OC)cc2)ccc1OC. The third-order valence-electron chi connectivity index (χ3n) is 4.50. The Hall–Kier alpha value is -2.58. The zero-order valence-electron chi connectivity index (χ0n) is 16.8. The van der Waals surface area contributed by atoms with Crippen molar-refractivity contribution in [3.63, 3.8) is 0 Å². The molecule has 8 heteroatoms. The number of nitrogens with zero attached hydrogens (tertiary/aromatic N) is 2. The van der Waals surface area contributed by atoms with E-state index in [1.165, 1.54) is 28.4 Å². The topological polar surface area (TPSA) is 76.2 Å². The molecule has 0 fully saturated rings. The Balaban J connectivity index is 2.44. The molecule has 7 nitrogen and oxygen atoms in total. The summed E-state index contributed by atoms with van der Waals surface area (Å²) in [5.41, 5.74) is 0.916. The summed E-state index contributed by atoms with van der Waals surface area (Å²) in [6.45, 7) is 4.18. The highest BCUT2D eigenvalue weighted by atomic mass is 32.2. The summed E-state index contributed by atoms with van der Waals surface area (Å²) in [6, 6.07) is 11.5. The molecule has 2 rings (SSSR count). The van der Waals surface area contributed by atoms with E-state index in [0.29, 0.717) is 24.5 Å². The van der Waals surface area contributed by atoms with Gasteiger partial charge in [0.1, 0.15) is 16.4 Å². The van der Waals surface area contributed by atoms with Crippen LogP contribution >= 0.6 is 0 Å². The highest BCUT2D eigenvalue weighted by molar-refractivity contribution is 7.89. The third-order valence-corrected chi connectivity index (χ3v) is 6.57. The third kappa shape index (κ3) is 4.28. The molecule has 0 aliphatic heterocycles. The normalized spacial score (nSPS) is 11.4. The molecular formula is C20H26N2O5S. The summed E-state index contributed by atoms with van der Waals surface area (Å²) in [4.78, 5) is 14.4. The monoisotopic (exact) mass is 406 g/mol. The van der Waals surface area contributed by atoms with Gasteiger partial charge >= 0.3 is 0 Å². The maximum atomic E-state index is 13.0. The number of amides is 1. The minimum absolute atomic E-state index is 0.0207. The summed E-state index contributed by atoms with van der Waals surface area (Å²) >= 11 is 0. The van der Waals surface area contributed by atoms with Gasteiger partial charge in [0.15, 0.2) is 0 Å². The number of anilines is 1. The van der Waals surface area contributed by atoms with Gasteiger partial charge in [-0.2, -0.15) is 4.31 Å². The predicted molar refractivity (Wildman–Crippen MR) is 109 cm³/mol. The molecule has 1 amide bonds. The molecule has 0 saturated heterocycles. The molecule has 0 bridgehead atoms. The van der Waals surface area contributed by atoms with Crippen LogP contribution in [-0.4, -0.2) is 53.0 Å². The lowest BCUT2D eigenvalue weighted by molar-refractivity contribution is 0.0992. The molecule has 0 heterocycles. The number of carbonyl (C=O) groups is 1. The number of rotatable bonds is 8. The van der Waals surface area contributed by atoms with Crippen LogP contribution in [0.3, 0.4) is 0 Å². The van der Waals surface area contributed by atoms with Crippen LogP contribution < -0.4 is 14.4 Å². The van der Waals surface area contributed by atoms with Crippen LogP contribution in [-0.2, 0) is 10.0 Å². The number of benzene rings is 2. The summed E-state index contributed by atoms with van der Waals surface area (Å²) in [6.07, 6.45) is 0. The molecule has 2 aromatic rings. The van der Waals surface area contributed by atoms with Crippen molar-refractivity contribution in [2.24, 2.45) is 0 Å². The lowest BCUT2D eigenvalue weighted by Crippen LogP contribution is -2.31. The molecular weight excluding hydrogens is 380 g/mol. The van der Waals surface area contributed by atoms with Crippen LogP contribution in [0.1, 0.15) is 24.2 Å². The molecule has 0 spiro atoms. The maximum absolute atomic E-state index is 13.0. The number of ether oxygens (including phenoxy) is 2. The van der Waals surface area contributed by atoms with Crippen molar-refractivity contribution in [1.29, 1.82) is 0 Å². The summed E-state index contributed by atoms with van der Waals surface area (Å²) < 4.78 is 37.6. The number of carbonyl (C=O) groups excluding carboxylic acids is 1. The molecule has 2 aromatic carbocycles. The first-order chi connectivity index (χ1) is 13.3. The van der Waals surface area contributed by atoms with E-state index in [9.17, 15) is 13.2 Å². The second-order valence-electron chi connectivity index (χ2n) is 6.02. The molecule has 0 unspecified atom stereocenters. The number of sulfonamides is 1. The van der Waals surface area contributed by atoms with Gasteiger partial charge in [-0.05, 0) is 42.5 Å². The van der Waals surface area contributed by atoms with Crippen molar-refractivity contribution in [2.75, 3.05) is 39.3 Å². The van der Waals surface area contributed by atoms with Crippen LogP contribution in [0.25, 0.3) is 0 Å². The van der Waals surface area contributed by atoms with Gasteiger partial charge in [0.2, 0.25) is 10.0 Å². The van der Waals surface area contributed by atoms with Gasteiger partial charge < -0.3 is 14.4 Å². The quantitative estimate of drug-likeness (QED) is 0.674. The lowest BCUT2D eigenvalue weighted by Gasteiger charge is -2.22. The number of hydrogen-bond acceptors (Lipinski definition) is 5. The van der Waals surface area contributed by atoms with Gasteiger partial charge in [-0.25, -0.2) is 8.42 Å². The Bertz CT molecular complexity index is 922. The van der Waals surface area contributed by atoms with Crippen molar-refractivity contribution < 1.29 is 22.7 Å². The smallest absolute Gasteiger partial charge is 0.258 e. The number of methoxy groups -OCH3 is 2. The Morgan fingerprint density at radius 2 is 1.57 bits per heavy atom. The van der Waals surface area contributed by atoms with Gasteiger partial charge in [0.25, 0.3) is 5.91 Å². The summed E-state index contributed by atoms with van der Waals surface area (Å²) in [5.74, 6) is 0.556. The molecule has 0 N–H and O–H groups in total. The van der Waals surface area contributed by atoms with Crippen molar-refractivity contribution in [3.8, 4) is 11.5 Å². The van der Waals surface area contributed by atoms with Gasteiger partial charge in [-0.1, -0.05) is 13.8 Å². The maximum Gasteiger partial charge on any atom is 0.258 e. The van der Waals surface area contributed by atoms with Crippen molar-refractivity contribution in [1.82, 2.24) is 4.31 Å². The molecule has 0 aliphatic carbocycles. The van der Waals surface area contributed by atoms with Crippen molar-refractivity contribution >= 4 is 21.6 Å². The zero-order chi connectivity index (χ0) is 20.9. The fourth-order valence-corrected chi connectivity index (χ4v) is 4.47.